The van der Waals surface area contributed by atoms with Crippen LogP contribution in [0.1, 0.15) is 47.5 Å². The van der Waals surface area contributed by atoms with Crippen LogP contribution in [0.3, 0.4) is 0 Å². The van der Waals surface area contributed by atoms with Crippen molar-refractivity contribution in [3.8, 4) is 5.75 Å². The summed E-state index contributed by atoms with van der Waals surface area (Å²) in [4.78, 5) is 38.5. The summed E-state index contributed by atoms with van der Waals surface area (Å²) in [6.07, 6.45) is 2.69. The lowest BCUT2D eigenvalue weighted by Gasteiger charge is -2.23. The topological polar surface area (TPSA) is 134 Å². The third-order valence-corrected chi connectivity index (χ3v) is 4.95. The minimum Gasteiger partial charge on any atom is -0.497 e. The molecule has 1 atom stereocenters. The van der Waals surface area contributed by atoms with Gasteiger partial charge in [0.2, 0.25) is 0 Å². The maximum absolute atomic E-state index is 12.3. The summed E-state index contributed by atoms with van der Waals surface area (Å²) in [5.74, 6) is -0.521. The SMILES string of the molecule is COc1ccc(C(=O)O/N=C2\CCCC[C@H]2c2ccc([N+](=O)[O-])cc2[N+](=O)[O-])cc1. The number of methoxy groups -OCH3 is 1. The van der Waals surface area contributed by atoms with Gasteiger partial charge in [-0.15, -0.1) is 0 Å². The molecule has 2 aromatic carbocycles. The van der Waals surface area contributed by atoms with Crippen molar-refractivity contribution < 1.29 is 24.2 Å². The Kier molecular flexibility index (Phi) is 6.35. The first kappa shape index (κ1) is 20.9. The number of carbonyl (C=O) groups excluding carboxylic acids is 1. The highest BCUT2D eigenvalue weighted by atomic mass is 16.7. The summed E-state index contributed by atoms with van der Waals surface area (Å²) < 4.78 is 5.04. The molecule has 0 N–H and O–H groups in total. The maximum Gasteiger partial charge on any atom is 0.365 e. The van der Waals surface area contributed by atoms with Gasteiger partial charge in [-0.2, -0.15) is 0 Å². The first-order valence-electron chi connectivity index (χ1n) is 9.25. The number of ether oxygens (including phenoxy) is 1. The molecule has 2 aromatic rings. The van der Waals surface area contributed by atoms with Gasteiger partial charge >= 0.3 is 5.97 Å². The van der Waals surface area contributed by atoms with Crippen molar-refractivity contribution in [2.24, 2.45) is 5.16 Å². The fourth-order valence-corrected chi connectivity index (χ4v) is 3.42. The number of oxime groups is 1. The van der Waals surface area contributed by atoms with Crippen LogP contribution in [0.15, 0.2) is 47.6 Å². The van der Waals surface area contributed by atoms with Crippen molar-refractivity contribution in [1.29, 1.82) is 0 Å². The largest absolute Gasteiger partial charge is 0.497 e. The Hall–Kier alpha value is -3.82. The van der Waals surface area contributed by atoms with Crippen molar-refractivity contribution >= 4 is 23.1 Å². The number of hydrogen-bond donors (Lipinski definition) is 0. The first-order chi connectivity index (χ1) is 14.4. The molecule has 0 radical (unpaired) electrons. The normalized spacial score (nSPS) is 17.4. The van der Waals surface area contributed by atoms with Gasteiger partial charge in [-0.25, -0.2) is 4.79 Å². The van der Waals surface area contributed by atoms with E-state index in [1.165, 1.54) is 19.2 Å². The van der Waals surface area contributed by atoms with Crippen LogP contribution in [-0.2, 0) is 4.84 Å². The molecule has 0 bridgehead atoms. The van der Waals surface area contributed by atoms with Crippen molar-refractivity contribution in [3.05, 3.63) is 73.8 Å². The maximum atomic E-state index is 12.3. The van der Waals surface area contributed by atoms with Gasteiger partial charge in [0.25, 0.3) is 11.4 Å². The van der Waals surface area contributed by atoms with E-state index >= 15 is 0 Å². The van der Waals surface area contributed by atoms with Crippen LogP contribution >= 0.6 is 0 Å². The van der Waals surface area contributed by atoms with Gasteiger partial charge in [-0.05, 0) is 49.6 Å². The van der Waals surface area contributed by atoms with Crippen molar-refractivity contribution in [2.75, 3.05) is 7.11 Å². The number of nitro groups is 2. The predicted octanol–water partition coefficient (Wildman–Crippen LogP) is 4.38. The highest BCUT2D eigenvalue weighted by Crippen LogP contribution is 2.37. The Morgan fingerprint density at radius 3 is 2.43 bits per heavy atom. The number of hydrogen-bond acceptors (Lipinski definition) is 8. The van der Waals surface area contributed by atoms with E-state index < -0.39 is 21.7 Å². The van der Waals surface area contributed by atoms with E-state index in [4.69, 9.17) is 9.57 Å². The summed E-state index contributed by atoms with van der Waals surface area (Å²) >= 11 is 0. The first-order valence-corrected chi connectivity index (χ1v) is 9.25. The van der Waals surface area contributed by atoms with Crippen LogP contribution in [0.4, 0.5) is 11.4 Å². The molecule has 156 valence electrons. The Labute approximate surface area is 171 Å². The Bertz CT molecular complexity index is 1000. The van der Waals surface area contributed by atoms with Crippen LogP contribution in [0.5, 0.6) is 5.75 Å². The zero-order valence-corrected chi connectivity index (χ0v) is 16.1. The standard InChI is InChI=1S/C20H19N3O7/c1-29-15-9-6-13(7-10-15)20(24)30-21-18-5-3-2-4-16(18)17-11-8-14(22(25)26)12-19(17)23(27)28/h6-12,16H,2-5H2,1H3/b21-18+/t16-/m0/s1. The zero-order valence-electron chi connectivity index (χ0n) is 16.1. The third-order valence-electron chi connectivity index (χ3n) is 4.95. The molecular weight excluding hydrogens is 394 g/mol. The highest BCUT2D eigenvalue weighted by molar-refractivity contribution is 5.94. The summed E-state index contributed by atoms with van der Waals surface area (Å²) in [6, 6.07) is 9.89. The van der Waals surface area contributed by atoms with Gasteiger partial charge in [0.1, 0.15) is 5.75 Å². The molecule has 0 saturated heterocycles. The fourth-order valence-electron chi connectivity index (χ4n) is 3.42. The number of carbonyl (C=O) groups is 1. The van der Waals surface area contributed by atoms with E-state index in [1.54, 1.807) is 24.3 Å². The molecule has 10 nitrogen and oxygen atoms in total. The molecule has 0 spiro atoms. The van der Waals surface area contributed by atoms with Gasteiger partial charge in [-0.3, -0.25) is 20.2 Å². The molecule has 30 heavy (non-hydrogen) atoms. The quantitative estimate of drug-likeness (QED) is 0.389. The lowest BCUT2D eigenvalue weighted by Crippen LogP contribution is -2.20. The monoisotopic (exact) mass is 413 g/mol. The zero-order chi connectivity index (χ0) is 21.7. The molecular formula is C20H19N3O7. The van der Waals surface area contributed by atoms with E-state index in [-0.39, 0.29) is 16.9 Å². The fraction of sp³-hybridized carbons (Fsp3) is 0.300. The predicted molar refractivity (Wildman–Crippen MR) is 107 cm³/mol. The Morgan fingerprint density at radius 1 is 1.07 bits per heavy atom. The van der Waals surface area contributed by atoms with E-state index in [1.807, 2.05) is 0 Å². The molecule has 0 aromatic heterocycles. The van der Waals surface area contributed by atoms with Gasteiger partial charge in [0, 0.05) is 17.5 Å². The van der Waals surface area contributed by atoms with E-state index in [2.05, 4.69) is 5.16 Å². The summed E-state index contributed by atoms with van der Waals surface area (Å²) in [6.45, 7) is 0. The van der Waals surface area contributed by atoms with Crippen molar-refractivity contribution in [2.45, 2.75) is 31.6 Å². The average molecular weight is 413 g/mol. The van der Waals surface area contributed by atoms with E-state index in [0.717, 1.165) is 18.9 Å². The van der Waals surface area contributed by atoms with Crippen LogP contribution in [-0.4, -0.2) is 28.6 Å². The van der Waals surface area contributed by atoms with E-state index in [9.17, 15) is 25.0 Å². The Morgan fingerprint density at radius 2 is 1.80 bits per heavy atom. The average Bonchev–Trinajstić information content (AvgIpc) is 2.77. The number of nitro benzene ring substituents is 2. The van der Waals surface area contributed by atoms with Crippen molar-refractivity contribution in [3.63, 3.8) is 0 Å². The highest BCUT2D eigenvalue weighted by Gasteiger charge is 2.31. The second-order valence-electron chi connectivity index (χ2n) is 6.75. The van der Waals surface area contributed by atoms with Crippen LogP contribution < -0.4 is 4.74 Å². The number of non-ortho nitro benzene ring substituents is 1. The van der Waals surface area contributed by atoms with Crippen LogP contribution in [0, 0.1) is 20.2 Å². The number of benzene rings is 2. The molecule has 0 aliphatic heterocycles. The molecule has 1 aliphatic rings. The summed E-state index contributed by atoms with van der Waals surface area (Å²) in [5, 5.41) is 26.5. The second-order valence-corrected chi connectivity index (χ2v) is 6.75. The third kappa shape index (κ3) is 4.59. The molecule has 1 fully saturated rings. The minimum atomic E-state index is -0.677. The molecule has 0 heterocycles. The van der Waals surface area contributed by atoms with E-state index in [0.29, 0.717) is 29.9 Å². The minimum absolute atomic E-state index is 0.286. The lowest BCUT2D eigenvalue weighted by molar-refractivity contribution is -0.394. The number of rotatable bonds is 6. The molecule has 3 rings (SSSR count). The summed E-state index contributed by atoms with van der Waals surface area (Å²) in [7, 11) is 1.51. The molecule has 10 heteroatoms. The van der Waals surface area contributed by atoms with Gasteiger partial charge in [0.05, 0.1) is 34.3 Å². The number of nitrogens with zero attached hydrogens (tertiary/aromatic N) is 3. The van der Waals surface area contributed by atoms with Gasteiger partial charge in [-0.1, -0.05) is 11.6 Å². The summed E-state index contributed by atoms with van der Waals surface area (Å²) in [5.41, 5.74) is 0.411. The van der Waals surface area contributed by atoms with Crippen molar-refractivity contribution in [1.82, 2.24) is 0 Å². The Balaban J connectivity index is 1.86. The van der Waals surface area contributed by atoms with Crippen LogP contribution in [0.25, 0.3) is 0 Å². The van der Waals surface area contributed by atoms with Gasteiger partial charge < -0.3 is 9.57 Å². The molecule has 1 saturated carbocycles. The molecule has 0 unspecified atom stereocenters. The second kappa shape index (κ2) is 9.12. The smallest absolute Gasteiger partial charge is 0.365 e. The molecule has 0 amide bonds. The molecule has 1 aliphatic carbocycles. The lowest BCUT2D eigenvalue weighted by atomic mass is 9.81. The van der Waals surface area contributed by atoms with Crippen LogP contribution in [0.2, 0.25) is 0 Å². The van der Waals surface area contributed by atoms with Gasteiger partial charge in [0.15, 0.2) is 0 Å².